The molecule has 0 spiro atoms. The molecule has 0 saturated carbocycles. The van der Waals surface area contributed by atoms with E-state index in [0.717, 1.165) is 5.71 Å². The molecule has 0 aromatic rings. The first-order valence-corrected chi connectivity index (χ1v) is 2.68. The summed E-state index contributed by atoms with van der Waals surface area (Å²) in [6, 6.07) is 0. The van der Waals surface area contributed by atoms with Crippen LogP contribution in [0.1, 0.15) is 6.92 Å². The molecule has 9 heavy (non-hydrogen) atoms. The van der Waals surface area contributed by atoms with Crippen molar-refractivity contribution < 1.29 is 4.79 Å². The molecule has 0 aliphatic carbocycles. The fourth-order valence-corrected chi connectivity index (χ4v) is 0.432. The van der Waals surface area contributed by atoms with Crippen molar-refractivity contribution >= 4 is 12.1 Å². The van der Waals surface area contributed by atoms with Crippen LogP contribution < -0.4 is 10.7 Å². The minimum atomic E-state index is 0.541. The van der Waals surface area contributed by atoms with Gasteiger partial charge in [-0.2, -0.15) is 5.10 Å². The molecule has 52 valence electrons. The van der Waals surface area contributed by atoms with Gasteiger partial charge < -0.3 is 5.32 Å². The number of hydrazone groups is 1. The number of nitrogens with zero attached hydrogens (tertiary/aromatic N) is 1. The molecule has 0 unspecified atom stereocenters. The van der Waals surface area contributed by atoms with Crippen molar-refractivity contribution in [2.24, 2.45) is 5.10 Å². The summed E-state index contributed by atoms with van der Waals surface area (Å²) >= 11 is 0. The van der Waals surface area contributed by atoms with Crippen molar-refractivity contribution in [1.82, 2.24) is 10.7 Å². The highest BCUT2D eigenvalue weighted by Crippen LogP contribution is 1.67. The highest BCUT2D eigenvalue weighted by Gasteiger charge is 1.84. The summed E-state index contributed by atoms with van der Waals surface area (Å²) < 4.78 is 0. The minimum Gasteiger partial charge on any atom is -0.314 e. The van der Waals surface area contributed by atoms with Gasteiger partial charge in [0, 0.05) is 12.3 Å². The zero-order valence-corrected chi connectivity index (χ0v) is 5.64. The molecule has 4 heteroatoms. The number of hydrogen-bond acceptors (Lipinski definition) is 3. The smallest absolute Gasteiger partial charge is 0.227 e. The Bertz CT molecular complexity index is 111. The fourth-order valence-electron chi connectivity index (χ4n) is 0.432. The quantitative estimate of drug-likeness (QED) is 0.300. The first-order chi connectivity index (χ1) is 4.31. The van der Waals surface area contributed by atoms with Crippen molar-refractivity contribution in [3.05, 3.63) is 0 Å². The number of rotatable bonds is 4. The van der Waals surface area contributed by atoms with E-state index in [1.165, 1.54) is 0 Å². The normalized spacial score (nSPS) is 11.1. The first kappa shape index (κ1) is 8.10. The van der Waals surface area contributed by atoms with E-state index in [2.05, 4.69) is 15.8 Å². The van der Waals surface area contributed by atoms with Gasteiger partial charge in [0.2, 0.25) is 6.41 Å². The van der Waals surface area contributed by atoms with Crippen LogP contribution in [0.3, 0.4) is 0 Å². The molecule has 1 amide bonds. The van der Waals surface area contributed by atoms with E-state index in [-0.39, 0.29) is 0 Å². The highest BCUT2D eigenvalue weighted by molar-refractivity contribution is 5.84. The monoisotopic (exact) mass is 129 g/mol. The average Bonchev–Trinajstić information content (AvgIpc) is 1.85. The van der Waals surface area contributed by atoms with E-state index in [0.29, 0.717) is 13.0 Å². The maximum atomic E-state index is 9.67. The zero-order valence-electron chi connectivity index (χ0n) is 5.64. The third kappa shape index (κ3) is 4.96. The van der Waals surface area contributed by atoms with Gasteiger partial charge in [-0.15, -0.1) is 0 Å². The van der Waals surface area contributed by atoms with E-state index in [1.807, 2.05) is 14.0 Å². The van der Waals surface area contributed by atoms with E-state index >= 15 is 0 Å². The molecular weight excluding hydrogens is 118 g/mol. The zero-order chi connectivity index (χ0) is 7.11. The summed E-state index contributed by atoms with van der Waals surface area (Å²) in [4.78, 5) is 9.67. The summed E-state index contributed by atoms with van der Waals surface area (Å²) in [7, 11) is 1.82. The molecule has 0 heterocycles. The minimum absolute atomic E-state index is 0.541. The lowest BCUT2D eigenvalue weighted by Gasteiger charge is -1.95. The molecule has 0 bridgehead atoms. The summed E-state index contributed by atoms with van der Waals surface area (Å²) in [5, 5.41) is 6.56. The van der Waals surface area contributed by atoms with Crippen LogP contribution in [0.4, 0.5) is 0 Å². The summed E-state index contributed by atoms with van der Waals surface area (Å²) in [5.41, 5.74) is 3.05. The Labute approximate surface area is 54.3 Å². The highest BCUT2D eigenvalue weighted by atomic mass is 16.1. The topological polar surface area (TPSA) is 53.5 Å². The molecule has 0 radical (unpaired) electrons. The lowest BCUT2D eigenvalue weighted by molar-refractivity contribution is -0.109. The van der Waals surface area contributed by atoms with Gasteiger partial charge in [0.15, 0.2) is 0 Å². The molecule has 0 aliphatic rings. The summed E-state index contributed by atoms with van der Waals surface area (Å²) in [6.07, 6.45) is 0.541. The Balaban J connectivity index is 3.42. The Morgan fingerprint density at radius 2 is 2.44 bits per heavy atom. The van der Waals surface area contributed by atoms with Gasteiger partial charge in [0.05, 0.1) is 0 Å². The Morgan fingerprint density at radius 1 is 1.78 bits per heavy atom. The number of carbonyl (C=O) groups excluding carboxylic acids is 1. The van der Waals surface area contributed by atoms with Crippen LogP contribution in [-0.4, -0.2) is 25.7 Å². The van der Waals surface area contributed by atoms with Crippen molar-refractivity contribution in [3.8, 4) is 0 Å². The van der Waals surface area contributed by atoms with Crippen LogP contribution in [-0.2, 0) is 4.79 Å². The molecule has 0 aromatic carbocycles. The lowest BCUT2D eigenvalue weighted by atomic mass is 10.4. The Kier molecular flexibility index (Phi) is 4.72. The third-order valence-electron chi connectivity index (χ3n) is 0.741. The lowest BCUT2D eigenvalue weighted by Crippen LogP contribution is -2.18. The molecule has 4 nitrogen and oxygen atoms in total. The van der Waals surface area contributed by atoms with Crippen molar-refractivity contribution in [1.29, 1.82) is 0 Å². The molecule has 0 fully saturated rings. The van der Waals surface area contributed by atoms with Crippen molar-refractivity contribution in [3.63, 3.8) is 0 Å². The number of amides is 1. The van der Waals surface area contributed by atoms with Gasteiger partial charge >= 0.3 is 0 Å². The SMILES string of the molecule is CNC/C(C)=N\NC=O. The standard InChI is InChI=1S/C5H11N3O/c1-5(3-6-2)8-7-4-9/h4,6H,3H2,1-2H3,(H,7,9)/b8-5-. The first-order valence-electron chi connectivity index (χ1n) is 2.68. The second-order valence-electron chi connectivity index (χ2n) is 1.62. The van der Waals surface area contributed by atoms with Crippen LogP contribution in [0, 0.1) is 0 Å². The van der Waals surface area contributed by atoms with E-state index < -0.39 is 0 Å². The predicted molar refractivity (Wildman–Crippen MR) is 36.2 cm³/mol. The molecule has 0 aliphatic heterocycles. The fraction of sp³-hybridized carbons (Fsp3) is 0.600. The van der Waals surface area contributed by atoms with Crippen molar-refractivity contribution in [2.45, 2.75) is 6.92 Å². The van der Waals surface area contributed by atoms with Gasteiger partial charge in [0.25, 0.3) is 0 Å². The van der Waals surface area contributed by atoms with Crippen molar-refractivity contribution in [2.75, 3.05) is 13.6 Å². The van der Waals surface area contributed by atoms with Gasteiger partial charge in [-0.3, -0.25) is 4.79 Å². The van der Waals surface area contributed by atoms with Crippen LogP contribution in [0.25, 0.3) is 0 Å². The average molecular weight is 129 g/mol. The number of hydrogen-bond donors (Lipinski definition) is 2. The largest absolute Gasteiger partial charge is 0.314 e. The van der Waals surface area contributed by atoms with Crippen LogP contribution in [0.5, 0.6) is 0 Å². The molecular formula is C5H11N3O. The predicted octanol–water partition coefficient (Wildman–Crippen LogP) is -0.672. The van der Waals surface area contributed by atoms with E-state index in [4.69, 9.17) is 0 Å². The molecule has 0 atom stereocenters. The second-order valence-corrected chi connectivity index (χ2v) is 1.62. The second kappa shape index (κ2) is 5.24. The van der Waals surface area contributed by atoms with Gasteiger partial charge in [-0.25, -0.2) is 5.43 Å². The Morgan fingerprint density at radius 3 is 2.89 bits per heavy atom. The van der Waals surface area contributed by atoms with Gasteiger partial charge in [0.1, 0.15) is 0 Å². The molecule has 0 saturated heterocycles. The maximum absolute atomic E-state index is 9.67. The number of nitrogens with one attached hydrogen (secondary N) is 2. The number of carbonyl (C=O) groups is 1. The van der Waals surface area contributed by atoms with E-state index in [1.54, 1.807) is 0 Å². The van der Waals surface area contributed by atoms with Crippen LogP contribution in [0.2, 0.25) is 0 Å². The maximum Gasteiger partial charge on any atom is 0.227 e. The summed E-state index contributed by atoms with van der Waals surface area (Å²) in [6.45, 7) is 2.52. The van der Waals surface area contributed by atoms with Gasteiger partial charge in [-0.1, -0.05) is 0 Å². The van der Waals surface area contributed by atoms with Crippen LogP contribution in [0.15, 0.2) is 5.10 Å². The third-order valence-corrected chi connectivity index (χ3v) is 0.741. The Hall–Kier alpha value is -0.900. The summed E-state index contributed by atoms with van der Waals surface area (Å²) in [5.74, 6) is 0. The van der Waals surface area contributed by atoms with Crippen LogP contribution >= 0.6 is 0 Å². The molecule has 0 rings (SSSR count). The molecule has 2 N–H and O–H groups in total. The van der Waals surface area contributed by atoms with Gasteiger partial charge in [-0.05, 0) is 14.0 Å². The molecule has 0 aromatic heterocycles. The van der Waals surface area contributed by atoms with E-state index in [9.17, 15) is 4.79 Å².